The zero-order valence-corrected chi connectivity index (χ0v) is 22.1. The fourth-order valence-corrected chi connectivity index (χ4v) is 6.50. The van der Waals surface area contributed by atoms with Gasteiger partial charge in [-0.05, 0) is 17.3 Å². The summed E-state index contributed by atoms with van der Waals surface area (Å²) < 4.78 is 1.49. The van der Waals surface area contributed by atoms with Crippen molar-refractivity contribution in [1.29, 1.82) is 0 Å². The van der Waals surface area contributed by atoms with Gasteiger partial charge in [-0.15, -0.1) is 29.5 Å². The number of carboxylic acid groups (broad SMARTS) is 1. The summed E-state index contributed by atoms with van der Waals surface area (Å²) in [5.74, 6) is 1.21. The summed E-state index contributed by atoms with van der Waals surface area (Å²) in [4.78, 5) is 51.6. The molecule has 0 radical (unpaired) electrons. The van der Waals surface area contributed by atoms with Gasteiger partial charge in [0.25, 0.3) is 5.91 Å². The van der Waals surface area contributed by atoms with E-state index in [2.05, 4.69) is 26.4 Å². The van der Waals surface area contributed by atoms with Gasteiger partial charge >= 0.3 is 11.1 Å². The number of nitrogen functional groups attached to an aromatic ring is 3. The molecule has 38 heavy (non-hydrogen) atoms. The number of hydrogen-bond acceptors (Lipinski definition) is 13. The lowest BCUT2D eigenvalue weighted by molar-refractivity contribution is -0.725. The SMILES string of the molecule is C#CCO/N=C(\C(=O)NC[n+]1c(N)cc(N)nc1SCC1=C(C(=O)O)N2C(=O)CC2SC1)c1csc(N)n1. The molecule has 8 N–H and O–H groups in total. The van der Waals surface area contributed by atoms with Gasteiger partial charge in [0.1, 0.15) is 18.1 Å². The van der Waals surface area contributed by atoms with Crippen molar-refractivity contribution < 1.29 is 28.9 Å². The maximum absolute atomic E-state index is 13.0. The van der Waals surface area contributed by atoms with Crippen LogP contribution in [0.1, 0.15) is 12.1 Å². The van der Waals surface area contributed by atoms with Crippen LogP contribution in [0.4, 0.5) is 16.8 Å². The number of carbonyl (C=O) groups excluding carboxylic acids is 2. The lowest BCUT2D eigenvalue weighted by Gasteiger charge is -2.43. The predicted molar refractivity (Wildman–Crippen MR) is 142 cm³/mol. The van der Waals surface area contributed by atoms with Crippen LogP contribution in [0.3, 0.4) is 0 Å². The third kappa shape index (κ3) is 5.77. The number of carboxylic acids is 1. The van der Waals surface area contributed by atoms with Crippen LogP contribution in [-0.4, -0.2) is 67.0 Å². The van der Waals surface area contributed by atoms with Crippen molar-refractivity contribution in [2.75, 3.05) is 35.3 Å². The van der Waals surface area contributed by atoms with Gasteiger partial charge in [0.05, 0.1) is 17.9 Å². The number of β-lactam (4-membered cyclic amide) rings is 1. The first-order valence-electron chi connectivity index (χ1n) is 10.8. The summed E-state index contributed by atoms with van der Waals surface area (Å²) in [5, 5.41) is 18.1. The molecule has 1 fully saturated rings. The van der Waals surface area contributed by atoms with Crippen molar-refractivity contribution in [2.45, 2.75) is 23.6 Å². The molecule has 1 atom stereocenters. The second-order valence-corrected chi connectivity index (χ2v) is 10.7. The predicted octanol–water partition coefficient (Wildman–Crippen LogP) is -0.564. The Morgan fingerprint density at radius 3 is 2.84 bits per heavy atom. The average Bonchev–Trinajstić information content (AvgIpc) is 3.29. The Labute approximate surface area is 228 Å². The van der Waals surface area contributed by atoms with Gasteiger partial charge in [0.2, 0.25) is 17.5 Å². The molecule has 17 heteroatoms. The number of aromatic nitrogens is 3. The number of rotatable bonds is 10. The fraction of sp³-hybridized carbons (Fsp3) is 0.286. The highest BCUT2D eigenvalue weighted by Crippen LogP contribution is 2.41. The number of aliphatic carboxylic acids is 1. The van der Waals surface area contributed by atoms with E-state index in [9.17, 15) is 19.5 Å². The van der Waals surface area contributed by atoms with E-state index in [-0.39, 0.29) is 64.2 Å². The Balaban J connectivity index is 1.53. The first-order valence-corrected chi connectivity index (χ1v) is 13.7. The number of hydrogen-bond donors (Lipinski definition) is 5. The monoisotopic (exact) mass is 576 g/mol. The van der Waals surface area contributed by atoms with E-state index in [4.69, 9.17) is 28.5 Å². The fourth-order valence-electron chi connectivity index (χ4n) is 3.52. The molecule has 0 saturated carbocycles. The molecule has 1 unspecified atom stereocenters. The minimum absolute atomic E-state index is 0.00964. The summed E-state index contributed by atoms with van der Waals surface area (Å²) in [7, 11) is 0. The maximum Gasteiger partial charge on any atom is 0.352 e. The zero-order valence-electron chi connectivity index (χ0n) is 19.6. The Morgan fingerprint density at radius 2 is 2.18 bits per heavy atom. The number of nitrogens with two attached hydrogens (primary N) is 3. The van der Waals surface area contributed by atoms with Crippen LogP contribution in [0.2, 0.25) is 0 Å². The number of nitrogens with one attached hydrogen (secondary N) is 1. The van der Waals surface area contributed by atoms with Crippen LogP contribution >= 0.6 is 34.9 Å². The molecule has 0 spiro atoms. The van der Waals surface area contributed by atoms with Crippen LogP contribution in [-0.2, 0) is 25.9 Å². The van der Waals surface area contributed by atoms with E-state index in [0.29, 0.717) is 22.9 Å². The normalized spacial score (nSPS) is 16.9. The summed E-state index contributed by atoms with van der Waals surface area (Å²) in [6.07, 6.45) is 5.50. The topological polar surface area (TPSA) is 216 Å². The number of carbonyl (C=O) groups is 3. The van der Waals surface area contributed by atoms with E-state index in [1.165, 1.54) is 39.1 Å². The average molecular weight is 577 g/mol. The summed E-state index contributed by atoms with van der Waals surface area (Å²) >= 11 is 3.80. The highest BCUT2D eigenvalue weighted by Gasteiger charge is 2.45. The highest BCUT2D eigenvalue weighted by molar-refractivity contribution is 8.00. The highest BCUT2D eigenvalue weighted by atomic mass is 32.2. The number of thioether (sulfide) groups is 2. The lowest BCUT2D eigenvalue weighted by atomic mass is 10.1. The van der Waals surface area contributed by atoms with Gasteiger partial charge < -0.3 is 32.5 Å². The lowest BCUT2D eigenvalue weighted by Crippen LogP contribution is -2.54. The molecular weight excluding hydrogens is 554 g/mol. The minimum Gasteiger partial charge on any atom is -0.477 e. The number of fused-ring (bicyclic) bond motifs is 1. The Bertz CT molecular complexity index is 1400. The minimum atomic E-state index is -1.17. The van der Waals surface area contributed by atoms with Crippen molar-refractivity contribution in [3.63, 3.8) is 0 Å². The van der Waals surface area contributed by atoms with Gasteiger partial charge in [-0.3, -0.25) is 14.5 Å². The van der Waals surface area contributed by atoms with Crippen molar-refractivity contribution >= 4 is 75.1 Å². The molecule has 2 aliphatic heterocycles. The zero-order chi connectivity index (χ0) is 27.4. The summed E-state index contributed by atoms with van der Waals surface area (Å²) in [5.41, 5.74) is 18.3. The number of thiazole rings is 1. The van der Waals surface area contributed by atoms with Crippen molar-refractivity contribution in [3.8, 4) is 12.3 Å². The molecule has 198 valence electrons. The van der Waals surface area contributed by atoms with Crippen molar-refractivity contribution in [1.82, 2.24) is 20.2 Å². The van der Waals surface area contributed by atoms with E-state index < -0.39 is 11.9 Å². The Kier molecular flexibility index (Phi) is 8.24. The number of nitrogens with zero attached hydrogens (tertiary/aromatic N) is 5. The van der Waals surface area contributed by atoms with E-state index in [0.717, 1.165) is 11.3 Å². The standard InChI is InChI=1S/C21H21N9O5S3/c1-2-3-35-28-16(11-8-37-20(24)26-11)18(32)25-9-29-13(23)4-12(22)27-21(29)38-7-10-6-36-15-5-14(31)30(15)17(10)19(33)34/h1,4,8,15H,3,5-7,9H2,(H7,22,23,24,25,26,32,33,34)/p+1/b28-16-. The van der Waals surface area contributed by atoms with Crippen LogP contribution in [0, 0.1) is 12.3 Å². The molecule has 4 heterocycles. The van der Waals surface area contributed by atoms with Gasteiger partial charge in [0, 0.05) is 16.9 Å². The second-order valence-electron chi connectivity index (χ2n) is 7.75. The van der Waals surface area contributed by atoms with Gasteiger partial charge in [-0.2, -0.15) is 0 Å². The maximum atomic E-state index is 13.0. The smallest absolute Gasteiger partial charge is 0.352 e. The summed E-state index contributed by atoms with van der Waals surface area (Å²) in [6, 6.07) is 1.42. The van der Waals surface area contributed by atoms with E-state index >= 15 is 0 Å². The van der Waals surface area contributed by atoms with Crippen LogP contribution in [0.5, 0.6) is 0 Å². The molecule has 2 aliphatic rings. The third-order valence-electron chi connectivity index (χ3n) is 5.25. The van der Waals surface area contributed by atoms with E-state index in [1.54, 1.807) is 5.38 Å². The number of anilines is 3. The first kappa shape index (κ1) is 27.0. The molecular formula is C21H22N9O5S3+. The second kappa shape index (κ2) is 11.6. The van der Waals surface area contributed by atoms with Crippen molar-refractivity contribution in [3.05, 3.63) is 28.4 Å². The molecule has 0 aromatic carbocycles. The van der Waals surface area contributed by atoms with Crippen LogP contribution in [0.25, 0.3) is 0 Å². The number of oxime groups is 1. The molecule has 0 aliphatic carbocycles. The molecule has 14 nitrogen and oxygen atoms in total. The van der Waals surface area contributed by atoms with Gasteiger partial charge in [-0.25, -0.2) is 14.3 Å². The molecule has 2 aromatic rings. The largest absolute Gasteiger partial charge is 0.477 e. The van der Waals surface area contributed by atoms with Crippen molar-refractivity contribution in [2.24, 2.45) is 5.16 Å². The van der Waals surface area contributed by atoms with Crippen LogP contribution in [0.15, 0.2) is 33.0 Å². The molecule has 2 aromatic heterocycles. The number of terminal acetylenes is 1. The van der Waals surface area contributed by atoms with Crippen LogP contribution < -0.4 is 27.1 Å². The first-order chi connectivity index (χ1) is 18.2. The molecule has 1 saturated heterocycles. The van der Waals surface area contributed by atoms with Gasteiger partial charge in [0.15, 0.2) is 17.5 Å². The number of amides is 2. The molecule has 0 bridgehead atoms. The molecule has 4 rings (SSSR count). The summed E-state index contributed by atoms with van der Waals surface area (Å²) in [6.45, 7) is -0.294. The Morgan fingerprint density at radius 1 is 1.39 bits per heavy atom. The van der Waals surface area contributed by atoms with Gasteiger partial charge in [-0.1, -0.05) is 16.1 Å². The van der Waals surface area contributed by atoms with E-state index in [1.807, 2.05) is 0 Å². The quantitative estimate of drug-likeness (QED) is 0.0351. The Hall–Kier alpha value is -4.01. The molecule has 2 amide bonds. The third-order valence-corrected chi connectivity index (χ3v) is 8.27.